The summed E-state index contributed by atoms with van der Waals surface area (Å²) in [6, 6.07) is 4.81. The van der Waals surface area contributed by atoms with Crippen molar-refractivity contribution >= 4 is 23.6 Å². The van der Waals surface area contributed by atoms with Crippen LogP contribution >= 0.6 is 11.8 Å². The molecule has 2 saturated heterocycles. The van der Waals surface area contributed by atoms with E-state index in [2.05, 4.69) is 0 Å². The summed E-state index contributed by atoms with van der Waals surface area (Å²) in [7, 11) is 0. The summed E-state index contributed by atoms with van der Waals surface area (Å²) in [5.74, 6) is -0.250. The Bertz CT molecular complexity index is 657. The molecule has 3 rings (SSSR count). The van der Waals surface area contributed by atoms with Crippen molar-refractivity contribution in [2.75, 3.05) is 19.6 Å². The summed E-state index contributed by atoms with van der Waals surface area (Å²) in [4.78, 5) is 28.0. The van der Waals surface area contributed by atoms with Crippen LogP contribution < -0.4 is 0 Å². The molecule has 25 heavy (non-hydrogen) atoms. The number of carbonyl (C=O) groups is 2. The lowest BCUT2D eigenvalue weighted by molar-refractivity contribution is -0.139. The molecule has 0 N–H and O–H groups in total. The fraction of sp³-hybridized carbons (Fsp3) is 0.529. The molecule has 8 heteroatoms. The van der Waals surface area contributed by atoms with Gasteiger partial charge >= 0.3 is 6.18 Å². The molecule has 0 saturated carbocycles. The zero-order chi connectivity index (χ0) is 18.2. The van der Waals surface area contributed by atoms with E-state index in [0.29, 0.717) is 18.7 Å². The third kappa shape index (κ3) is 3.78. The van der Waals surface area contributed by atoms with Gasteiger partial charge in [-0.25, -0.2) is 0 Å². The largest absolute Gasteiger partial charge is 0.416 e. The molecule has 2 aliphatic rings. The minimum absolute atomic E-state index is 0.0259. The van der Waals surface area contributed by atoms with Gasteiger partial charge in [-0.3, -0.25) is 9.59 Å². The van der Waals surface area contributed by atoms with Crippen LogP contribution in [0.2, 0.25) is 0 Å². The Hall–Kier alpha value is -1.70. The molecule has 0 bridgehead atoms. The smallest absolute Gasteiger partial charge is 0.341 e. The average molecular weight is 372 g/mol. The molecule has 0 radical (unpaired) electrons. The molecule has 1 aromatic carbocycles. The van der Waals surface area contributed by atoms with E-state index < -0.39 is 17.1 Å². The van der Waals surface area contributed by atoms with Gasteiger partial charge in [0.05, 0.1) is 10.8 Å². The average Bonchev–Trinajstić information content (AvgIpc) is 3.18. The first kappa shape index (κ1) is 18.1. The van der Waals surface area contributed by atoms with Crippen LogP contribution in [0.5, 0.6) is 0 Å². The second-order valence-electron chi connectivity index (χ2n) is 6.30. The highest BCUT2D eigenvalue weighted by Crippen LogP contribution is 2.43. The summed E-state index contributed by atoms with van der Waals surface area (Å²) < 4.78 is 38.2. The number of alkyl halides is 3. The normalized spacial score (nSPS) is 24.2. The molecular formula is C17H19F3N2O2S. The van der Waals surface area contributed by atoms with Gasteiger partial charge < -0.3 is 9.80 Å². The molecule has 0 unspecified atom stereocenters. The maximum Gasteiger partial charge on any atom is 0.416 e. The van der Waals surface area contributed by atoms with Gasteiger partial charge in [-0.15, -0.1) is 11.8 Å². The zero-order valence-corrected chi connectivity index (χ0v) is 14.6. The Kier molecular flexibility index (Phi) is 4.99. The SMILES string of the molecule is C[C@@H]1S[C@H](c2ccc(C(F)(F)F)cc2)N(CC(=O)N2CCCC2)C1=O. The van der Waals surface area contributed by atoms with E-state index in [1.165, 1.54) is 28.8 Å². The molecule has 2 amide bonds. The van der Waals surface area contributed by atoms with Crippen LogP contribution in [0.25, 0.3) is 0 Å². The fourth-order valence-electron chi connectivity index (χ4n) is 3.14. The molecule has 2 heterocycles. The van der Waals surface area contributed by atoms with Crippen molar-refractivity contribution in [2.24, 2.45) is 0 Å². The predicted octanol–water partition coefficient (Wildman–Crippen LogP) is 3.29. The number of rotatable bonds is 3. The first-order valence-corrected chi connectivity index (χ1v) is 9.12. The Morgan fingerprint density at radius 2 is 1.80 bits per heavy atom. The van der Waals surface area contributed by atoms with Gasteiger partial charge in [-0.2, -0.15) is 13.2 Å². The molecule has 0 aromatic heterocycles. The summed E-state index contributed by atoms with van der Waals surface area (Å²) in [6.07, 6.45) is -2.46. The van der Waals surface area contributed by atoms with E-state index in [1.54, 1.807) is 11.8 Å². The minimum Gasteiger partial charge on any atom is -0.341 e. The third-order valence-electron chi connectivity index (χ3n) is 4.53. The summed E-state index contributed by atoms with van der Waals surface area (Å²) in [5.41, 5.74) is -0.122. The molecular weight excluding hydrogens is 353 g/mol. The molecule has 1 aromatic rings. The number of hydrogen-bond donors (Lipinski definition) is 0. The molecule has 0 spiro atoms. The predicted molar refractivity (Wildman–Crippen MR) is 88.8 cm³/mol. The monoisotopic (exact) mass is 372 g/mol. The van der Waals surface area contributed by atoms with Crippen LogP contribution in [-0.2, 0) is 15.8 Å². The van der Waals surface area contributed by atoms with Crippen molar-refractivity contribution in [3.8, 4) is 0 Å². The van der Waals surface area contributed by atoms with Crippen LogP contribution in [0.3, 0.4) is 0 Å². The number of nitrogens with zero attached hydrogens (tertiary/aromatic N) is 2. The maximum atomic E-state index is 12.7. The highest BCUT2D eigenvalue weighted by Gasteiger charge is 2.40. The number of likely N-dealkylation sites (tertiary alicyclic amines) is 1. The number of benzene rings is 1. The number of amides is 2. The molecule has 2 aliphatic heterocycles. The van der Waals surface area contributed by atoms with Crippen molar-refractivity contribution in [1.82, 2.24) is 9.80 Å². The Labute approximate surface area is 148 Å². The first-order chi connectivity index (χ1) is 11.8. The summed E-state index contributed by atoms with van der Waals surface area (Å²) in [5, 5.41) is -0.755. The quantitative estimate of drug-likeness (QED) is 0.818. The van der Waals surface area contributed by atoms with Crippen molar-refractivity contribution in [3.63, 3.8) is 0 Å². The molecule has 2 atom stereocenters. The van der Waals surface area contributed by atoms with Gasteiger partial charge in [0.25, 0.3) is 0 Å². The number of halogens is 3. The maximum absolute atomic E-state index is 12.7. The van der Waals surface area contributed by atoms with Crippen LogP contribution in [0, 0.1) is 0 Å². The van der Waals surface area contributed by atoms with Gasteiger partial charge in [-0.05, 0) is 37.5 Å². The summed E-state index contributed by atoms with van der Waals surface area (Å²) in [6.45, 7) is 3.13. The lowest BCUT2D eigenvalue weighted by Crippen LogP contribution is -2.41. The second kappa shape index (κ2) is 6.90. The van der Waals surface area contributed by atoms with E-state index in [0.717, 1.165) is 25.0 Å². The number of thioether (sulfide) groups is 1. The Morgan fingerprint density at radius 1 is 1.20 bits per heavy atom. The minimum atomic E-state index is -4.39. The lowest BCUT2D eigenvalue weighted by Gasteiger charge is -2.26. The van der Waals surface area contributed by atoms with Crippen LogP contribution in [0.4, 0.5) is 13.2 Å². The van der Waals surface area contributed by atoms with E-state index in [1.807, 2.05) is 0 Å². The molecule has 136 valence electrons. The first-order valence-electron chi connectivity index (χ1n) is 8.18. The van der Waals surface area contributed by atoms with E-state index in [9.17, 15) is 22.8 Å². The standard InChI is InChI=1S/C17H19F3N2O2S/c1-11-15(24)22(10-14(23)21-8-2-3-9-21)16(25-11)12-4-6-13(7-5-12)17(18,19)20/h4-7,11,16H,2-3,8-10H2,1H3/t11-,16+/m0/s1. The van der Waals surface area contributed by atoms with E-state index >= 15 is 0 Å². The third-order valence-corrected chi connectivity index (χ3v) is 5.93. The van der Waals surface area contributed by atoms with Crippen LogP contribution in [0.1, 0.15) is 36.3 Å². The fourth-order valence-corrected chi connectivity index (χ4v) is 4.42. The van der Waals surface area contributed by atoms with Crippen molar-refractivity contribution in [2.45, 2.75) is 36.6 Å². The molecule has 0 aliphatic carbocycles. The highest BCUT2D eigenvalue weighted by atomic mass is 32.2. The Balaban J connectivity index is 1.78. The van der Waals surface area contributed by atoms with Gasteiger partial charge in [0.1, 0.15) is 11.9 Å². The molecule has 4 nitrogen and oxygen atoms in total. The van der Waals surface area contributed by atoms with E-state index in [-0.39, 0.29) is 23.6 Å². The zero-order valence-electron chi connectivity index (χ0n) is 13.8. The van der Waals surface area contributed by atoms with Crippen molar-refractivity contribution in [1.29, 1.82) is 0 Å². The number of hydrogen-bond acceptors (Lipinski definition) is 3. The molecule has 2 fully saturated rings. The number of carbonyl (C=O) groups excluding carboxylic acids is 2. The summed E-state index contributed by atoms with van der Waals surface area (Å²) >= 11 is 1.36. The van der Waals surface area contributed by atoms with Crippen LogP contribution in [-0.4, -0.2) is 46.5 Å². The van der Waals surface area contributed by atoms with Gasteiger partial charge in [-0.1, -0.05) is 12.1 Å². The van der Waals surface area contributed by atoms with Crippen molar-refractivity contribution in [3.05, 3.63) is 35.4 Å². The topological polar surface area (TPSA) is 40.6 Å². The van der Waals surface area contributed by atoms with E-state index in [4.69, 9.17) is 0 Å². The second-order valence-corrected chi connectivity index (χ2v) is 7.73. The lowest BCUT2D eigenvalue weighted by atomic mass is 10.1. The van der Waals surface area contributed by atoms with Crippen LogP contribution in [0.15, 0.2) is 24.3 Å². The van der Waals surface area contributed by atoms with Gasteiger partial charge in [0.2, 0.25) is 11.8 Å². The Morgan fingerprint density at radius 3 is 2.36 bits per heavy atom. The van der Waals surface area contributed by atoms with Crippen molar-refractivity contribution < 1.29 is 22.8 Å². The van der Waals surface area contributed by atoms with Gasteiger partial charge in [0, 0.05) is 13.1 Å². The highest BCUT2D eigenvalue weighted by molar-refractivity contribution is 8.01. The van der Waals surface area contributed by atoms with Gasteiger partial charge in [0.15, 0.2) is 0 Å².